The maximum atomic E-state index is 11.9. The lowest BCUT2D eigenvalue weighted by Crippen LogP contribution is -2.21. The van der Waals surface area contributed by atoms with E-state index in [2.05, 4.69) is 20.9 Å². The van der Waals surface area contributed by atoms with Gasteiger partial charge in [-0.3, -0.25) is 9.36 Å². The lowest BCUT2D eigenvalue weighted by atomic mass is 10.2. The summed E-state index contributed by atoms with van der Waals surface area (Å²) in [5.74, 6) is 0.404. The predicted molar refractivity (Wildman–Crippen MR) is 64.4 cm³/mol. The van der Waals surface area contributed by atoms with Gasteiger partial charge in [-0.05, 0) is 18.2 Å². The first-order valence-electron chi connectivity index (χ1n) is 4.43. The molecule has 0 saturated heterocycles. The van der Waals surface area contributed by atoms with E-state index in [1.54, 1.807) is 6.07 Å². The van der Waals surface area contributed by atoms with Crippen molar-refractivity contribution in [2.24, 2.45) is 0 Å². The highest BCUT2D eigenvalue weighted by molar-refractivity contribution is 9.10. The van der Waals surface area contributed by atoms with Crippen LogP contribution in [0.5, 0.6) is 0 Å². The second-order valence-corrected chi connectivity index (χ2v) is 4.39. The van der Waals surface area contributed by atoms with Gasteiger partial charge in [-0.15, -0.1) is 11.6 Å². The SMILES string of the molecule is O=c1c2cc(Br)ccc2ncn1CCCl. The fourth-order valence-corrected chi connectivity index (χ4v) is 1.92. The van der Waals surface area contributed by atoms with E-state index in [1.807, 2.05) is 12.1 Å². The quantitative estimate of drug-likeness (QED) is 0.795. The van der Waals surface area contributed by atoms with E-state index < -0.39 is 0 Å². The van der Waals surface area contributed by atoms with Crippen LogP contribution in [0.25, 0.3) is 10.9 Å². The maximum Gasteiger partial charge on any atom is 0.261 e. The number of rotatable bonds is 2. The minimum Gasteiger partial charge on any atom is -0.298 e. The molecule has 2 aromatic rings. The minimum absolute atomic E-state index is 0.0537. The van der Waals surface area contributed by atoms with Crippen molar-refractivity contribution >= 4 is 38.4 Å². The highest BCUT2D eigenvalue weighted by Crippen LogP contribution is 2.14. The van der Waals surface area contributed by atoms with Crippen LogP contribution in [-0.2, 0) is 6.54 Å². The smallest absolute Gasteiger partial charge is 0.261 e. The van der Waals surface area contributed by atoms with Crippen LogP contribution in [0.4, 0.5) is 0 Å². The molecule has 0 bridgehead atoms. The minimum atomic E-state index is -0.0537. The first-order chi connectivity index (χ1) is 7.22. The van der Waals surface area contributed by atoms with Gasteiger partial charge in [0.25, 0.3) is 5.56 Å². The van der Waals surface area contributed by atoms with Crippen molar-refractivity contribution in [1.29, 1.82) is 0 Å². The summed E-state index contributed by atoms with van der Waals surface area (Å²) in [5, 5.41) is 0.608. The normalized spacial score (nSPS) is 10.8. The molecule has 78 valence electrons. The largest absolute Gasteiger partial charge is 0.298 e. The third-order valence-electron chi connectivity index (χ3n) is 2.11. The standard InChI is InChI=1S/C10H8BrClN2O/c11-7-1-2-9-8(5-7)10(15)14(4-3-12)6-13-9/h1-2,5-6H,3-4H2. The molecule has 0 aliphatic rings. The number of alkyl halides is 1. The maximum absolute atomic E-state index is 11.9. The average molecular weight is 288 g/mol. The van der Waals surface area contributed by atoms with Gasteiger partial charge in [-0.2, -0.15) is 0 Å². The molecular weight excluding hydrogens is 279 g/mol. The summed E-state index contributed by atoms with van der Waals surface area (Å²) in [6.45, 7) is 0.482. The van der Waals surface area contributed by atoms with Gasteiger partial charge < -0.3 is 0 Å². The lowest BCUT2D eigenvalue weighted by Gasteiger charge is -2.03. The van der Waals surface area contributed by atoms with Crippen LogP contribution in [0.15, 0.2) is 33.8 Å². The molecule has 1 aromatic carbocycles. The van der Waals surface area contributed by atoms with E-state index in [-0.39, 0.29) is 5.56 Å². The molecule has 0 atom stereocenters. The van der Waals surface area contributed by atoms with Gasteiger partial charge in [0.1, 0.15) is 0 Å². The number of aromatic nitrogens is 2. The highest BCUT2D eigenvalue weighted by atomic mass is 79.9. The molecule has 0 saturated carbocycles. The Morgan fingerprint density at radius 2 is 2.27 bits per heavy atom. The van der Waals surface area contributed by atoms with Gasteiger partial charge in [-0.25, -0.2) is 4.98 Å². The van der Waals surface area contributed by atoms with E-state index in [1.165, 1.54) is 10.9 Å². The average Bonchev–Trinajstić information content (AvgIpc) is 2.23. The van der Waals surface area contributed by atoms with Gasteiger partial charge in [0.2, 0.25) is 0 Å². The Bertz CT molecular complexity index is 553. The van der Waals surface area contributed by atoms with Crippen LogP contribution in [0.1, 0.15) is 0 Å². The highest BCUT2D eigenvalue weighted by Gasteiger charge is 2.03. The third-order valence-corrected chi connectivity index (χ3v) is 2.77. The summed E-state index contributed by atoms with van der Waals surface area (Å²) in [6.07, 6.45) is 1.53. The summed E-state index contributed by atoms with van der Waals surface area (Å²) in [6, 6.07) is 5.45. The molecule has 0 radical (unpaired) electrons. The Hall–Kier alpha value is -0.870. The zero-order chi connectivity index (χ0) is 10.8. The molecule has 2 rings (SSSR count). The third kappa shape index (κ3) is 2.06. The number of nitrogens with zero attached hydrogens (tertiary/aromatic N) is 2. The molecule has 0 unspecified atom stereocenters. The fraction of sp³-hybridized carbons (Fsp3) is 0.200. The van der Waals surface area contributed by atoms with Gasteiger partial charge in [0, 0.05) is 16.9 Å². The van der Waals surface area contributed by atoms with Crippen LogP contribution in [0.2, 0.25) is 0 Å². The monoisotopic (exact) mass is 286 g/mol. The number of fused-ring (bicyclic) bond motifs is 1. The van der Waals surface area contributed by atoms with E-state index in [0.29, 0.717) is 23.3 Å². The second-order valence-electron chi connectivity index (χ2n) is 3.09. The van der Waals surface area contributed by atoms with Crippen molar-refractivity contribution in [3.63, 3.8) is 0 Å². The van der Waals surface area contributed by atoms with E-state index in [4.69, 9.17) is 11.6 Å². The summed E-state index contributed by atoms with van der Waals surface area (Å²) in [4.78, 5) is 16.1. The molecule has 0 spiro atoms. The summed E-state index contributed by atoms with van der Waals surface area (Å²) < 4.78 is 2.39. The number of hydrogen-bond acceptors (Lipinski definition) is 2. The molecule has 1 aromatic heterocycles. The second kappa shape index (κ2) is 4.33. The van der Waals surface area contributed by atoms with Gasteiger partial charge in [-0.1, -0.05) is 15.9 Å². The summed E-state index contributed by atoms with van der Waals surface area (Å²) >= 11 is 8.92. The van der Waals surface area contributed by atoms with Crippen molar-refractivity contribution < 1.29 is 0 Å². The van der Waals surface area contributed by atoms with Crippen molar-refractivity contribution in [2.75, 3.05) is 5.88 Å². The van der Waals surface area contributed by atoms with Crippen LogP contribution in [0, 0.1) is 0 Å². The zero-order valence-electron chi connectivity index (χ0n) is 7.78. The molecule has 5 heteroatoms. The van der Waals surface area contributed by atoms with Crippen LogP contribution < -0.4 is 5.56 Å². The van der Waals surface area contributed by atoms with Crippen molar-refractivity contribution in [1.82, 2.24) is 9.55 Å². The van der Waals surface area contributed by atoms with Crippen molar-refractivity contribution in [2.45, 2.75) is 6.54 Å². The zero-order valence-corrected chi connectivity index (χ0v) is 10.1. The van der Waals surface area contributed by atoms with E-state index in [9.17, 15) is 4.79 Å². The number of halogens is 2. The Morgan fingerprint density at radius 3 is 3.00 bits per heavy atom. The van der Waals surface area contributed by atoms with E-state index in [0.717, 1.165) is 4.47 Å². The van der Waals surface area contributed by atoms with Crippen molar-refractivity contribution in [3.05, 3.63) is 39.4 Å². The molecule has 3 nitrogen and oxygen atoms in total. The number of benzene rings is 1. The first kappa shape index (κ1) is 10.6. The van der Waals surface area contributed by atoms with Gasteiger partial charge >= 0.3 is 0 Å². The Balaban J connectivity index is 2.71. The molecule has 0 amide bonds. The topological polar surface area (TPSA) is 34.9 Å². The lowest BCUT2D eigenvalue weighted by molar-refractivity contribution is 0.722. The Kier molecular flexibility index (Phi) is 3.07. The molecular formula is C10H8BrClN2O. The fourth-order valence-electron chi connectivity index (χ4n) is 1.38. The molecule has 15 heavy (non-hydrogen) atoms. The molecule has 0 aliphatic carbocycles. The Morgan fingerprint density at radius 1 is 1.47 bits per heavy atom. The van der Waals surface area contributed by atoms with Crippen molar-refractivity contribution in [3.8, 4) is 0 Å². The van der Waals surface area contributed by atoms with Gasteiger partial charge in [0.05, 0.1) is 17.2 Å². The Labute approximate surface area is 99.8 Å². The molecule has 0 N–H and O–H groups in total. The summed E-state index contributed by atoms with van der Waals surface area (Å²) in [7, 11) is 0. The molecule has 0 fully saturated rings. The first-order valence-corrected chi connectivity index (χ1v) is 5.76. The van der Waals surface area contributed by atoms with Crippen LogP contribution in [-0.4, -0.2) is 15.4 Å². The molecule has 1 heterocycles. The number of aryl methyl sites for hydroxylation is 1. The van der Waals surface area contributed by atoms with Gasteiger partial charge in [0.15, 0.2) is 0 Å². The predicted octanol–water partition coefficient (Wildman–Crippen LogP) is 2.40. The van der Waals surface area contributed by atoms with Crippen LogP contribution >= 0.6 is 27.5 Å². The van der Waals surface area contributed by atoms with Crippen LogP contribution in [0.3, 0.4) is 0 Å². The summed E-state index contributed by atoms with van der Waals surface area (Å²) in [5.41, 5.74) is 0.649. The van der Waals surface area contributed by atoms with E-state index >= 15 is 0 Å². The number of hydrogen-bond donors (Lipinski definition) is 0. The molecule has 0 aliphatic heterocycles.